The fraction of sp³-hybridized carbons (Fsp3) is 0.391. The number of carbonyl (C=O) groups is 1. The Morgan fingerprint density at radius 1 is 1.10 bits per heavy atom. The highest BCUT2D eigenvalue weighted by Crippen LogP contribution is 2.54. The van der Waals surface area contributed by atoms with Crippen molar-refractivity contribution in [2.45, 2.75) is 32.6 Å². The highest BCUT2D eigenvalue weighted by atomic mass is 16.1. The topological polar surface area (TPSA) is 70.1 Å². The maximum Gasteiger partial charge on any atom is 0.274 e. The molecule has 2 fully saturated rings. The number of H-pyrrole nitrogens is 1. The van der Waals surface area contributed by atoms with E-state index in [1.54, 1.807) is 11.6 Å². The van der Waals surface area contributed by atoms with Crippen molar-refractivity contribution >= 4 is 28.2 Å². The van der Waals surface area contributed by atoms with E-state index in [2.05, 4.69) is 21.3 Å². The molecule has 1 saturated carbocycles. The van der Waals surface area contributed by atoms with Crippen molar-refractivity contribution < 1.29 is 4.79 Å². The number of nitrogens with zero attached hydrogens (tertiary/aromatic N) is 2. The van der Waals surface area contributed by atoms with Gasteiger partial charge in [0.2, 0.25) is 5.91 Å². The van der Waals surface area contributed by atoms with Gasteiger partial charge in [0.25, 0.3) is 5.56 Å². The fourth-order valence-electron chi connectivity index (χ4n) is 4.69. The molecule has 0 bridgehead atoms. The predicted octanol–water partition coefficient (Wildman–Crippen LogP) is 3.87. The van der Waals surface area contributed by atoms with Crippen molar-refractivity contribution in [3.8, 4) is 11.1 Å². The van der Waals surface area contributed by atoms with Gasteiger partial charge < -0.3 is 19.8 Å². The molecule has 1 aliphatic carbocycles. The summed E-state index contributed by atoms with van der Waals surface area (Å²) in [5, 5.41) is 3.81. The van der Waals surface area contributed by atoms with E-state index in [0.717, 1.165) is 41.0 Å². The number of benzene rings is 1. The second kappa shape index (κ2) is 6.51. The number of amides is 1. The average molecular weight is 390 g/mol. The Morgan fingerprint density at radius 2 is 1.86 bits per heavy atom. The van der Waals surface area contributed by atoms with Crippen LogP contribution in [-0.4, -0.2) is 28.5 Å². The molecule has 2 N–H and O–H groups in total. The lowest BCUT2D eigenvalue weighted by atomic mass is 9.92. The first kappa shape index (κ1) is 18.0. The molecule has 2 aromatic heterocycles. The number of aromatic amines is 1. The third-order valence-electron chi connectivity index (χ3n) is 6.62. The highest BCUT2D eigenvalue weighted by molar-refractivity contribution is 5.99. The average Bonchev–Trinajstić information content (AvgIpc) is 3.26. The van der Waals surface area contributed by atoms with Gasteiger partial charge in [-0.05, 0) is 55.4 Å². The number of aromatic nitrogens is 2. The number of nitrogens with one attached hydrogen (secondary N) is 2. The molecule has 2 aliphatic rings. The van der Waals surface area contributed by atoms with E-state index in [1.807, 2.05) is 30.6 Å². The van der Waals surface area contributed by atoms with Gasteiger partial charge in [0.05, 0.1) is 0 Å². The summed E-state index contributed by atoms with van der Waals surface area (Å²) in [5.41, 5.74) is 5.15. The monoisotopic (exact) mass is 390 g/mol. The number of anilines is 2. The predicted molar refractivity (Wildman–Crippen MR) is 116 cm³/mol. The van der Waals surface area contributed by atoms with Crippen LogP contribution < -0.4 is 15.8 Å². The van der Waals surface area contributed by atoms with Crippen LogP contribution in [0.25, 0.3) is 22.0 Å². The molecule has 3 aromatic rings. The lowest BCUT2D eigenvalue weighted by molar-refractivity contribution is -0.114. The van der Waals surface area contributed by atoms with E-state index in [4.69, 9.17) is 0 Å². The Labute approximate surface area is 169 Å². The Hall–Kier alpha value is -3.02. The Bertz CT molecular complexity index is 1160. The smallest absolute Gasteiger partial charge is 0.274 e. The van der Waals surface area contributed by atoms with Crippen molar-refractivity contribution in [2.75, 3.05) is 23.3 Å². The SMILES string of the molecule is CC(=O)Nc1ccc(N2CCC3(CC2)CC3)c(-c2cn(C)c(=O)c3[nH]ccc23)c1. The van der Waals surface area contributed by atoms with Gasteiger partial charge in [0.15, 0.2) is 0 Å². The molecular formula is C23H26N4O2. The van der Waals surface area contributed by atoms with Gasteiger partial charge in [-0.2, -0.15) is 0 Å². The zero-order valence-electron chi connectivity index (χ0n) is 16.9. The Balaban J connectivity index is 1.65. The van der Waals surface area contributed by atoms with Crippen LogP contribution in [0.3, 0.4) is 0 Å². The molecule has 5 rings (SSSR count). The fourth-order valence-corrected chi connectivity index (χ4v) is 4.69. The van der Waals surface area contributed by atoms with E-state index in [9.17, 15) is 9.59 Å². The Kier molecular flexibility index (Phi) is 4.05. The number of carbonyl (C=O) groups excluding carboxylic acids is 1. The lowest BCUT2D eigenvalue weighted by Crippen LogP contribution is -2.34. The number of fused-ring (bicyclic) bond motifs is 1. The van der Waals surface area contributed by atoms with Crippen LogP contribution in [0.15, 0.2) is 41.5 Å². The van der Waals surface area contributed by atoms with Crippen LogP contribution in [0.2, 0.25) is 0 Å². The first-order chi connectivity index (χ1) is 14.0. The van der Waals surface area contributed by atoms with Crippen LogP contribution in [-0.2, 0) is 11.8 Å². The van der Waals surface area contributed by atoms with Gasteiger partial charge in [0.1, 0.15) is 5.52 Å². The Morgan fingerprint density at radius 3 is 2.55 bits per heavy atom. The van der Waals surface area contributed by atoms with Crippen LogP contribution in [0.1, 0.15) is 32.6 Å². The standard InChI is InChI=1S/C23H26N4O2/c1-15(28)25-16-3-4-20(27-11-8-23(6-7-23)9-12-27)18(13-16)19-14-26(2)22(29)21-17(19)5-10-24-21/h3-5,10,13-14,24H,6-9,11-12H2,1-2H3,(H,25,28). The van der Waals surface area contributed by atoms with Gasteiger partial charge in [-0.1, -0.05) is 0 Å². The maximum absolute atomic E-state index is 12.5. The highest BCUT2D eigenvalue weighted by Gasteiger charge is 2.44. The van der Waals surface area contributed by atoms with Gasteiger partial charge in [-0.3, -0.25) is 9.59 Å². The maximum atomic E-state index is 12.5. The quantitative estimate of drug-likeness (QED) is 0.713. The summed E-state index contributed by atoms with van der Waals surface area (Å²) in [4.78, 5) is 29.7. The second-order valence-corrected chi connectivity index (χ2v) is 8.63. The zero-order valence-corrected chi connectivity index (χ0v) is 16.9. The summed E-state index contributed by atoms with van der Waals surface area (Å²) < 4.78 is 1.62. The molecule has 0 unspecified atom stereocenters. The second-order valence-electron chi connectivity index (χ2n) is 8.63. The van der Waals surface area contributed by atoms with Crippen molar-refractivity contribution in [1.82, 2.24) is 9.55 Å². The van der Waals surface area contributed by atoms with Crippen LogP contribution in [0.5, 0.6) is 0 Å². The summed E-state index contributed by atoms with van der Waals surface area (Å²) in [5.74, 6) is -0.0930. The number of hydrogen-bond acceptors (Lipinski definition) is 3. The number of pyridine rings is 1. The van der Waals surface area contributed by atoms with Crippen LogP contribution >= 0.6 is 0 Å². The first-order valence-corrected chi connectivity index (χ1v) is 10.3. The minimum absolute atomic E-state index is 0.0398. The summed E-state index contributed by atoms with van der Waals surface area (Å²) in [6.45, 7) is 3.62. The normalized spacial score (nSPS) is 17.7. The molecule has 0 radical (unpaired) electrons. The van der Waals surface area contributed by atoms with Gasteiger partial charge >= 0.3 is 0 Å². The van der Waals surface area contributed by atoms with E-state index in [-0.39, 0.29) is 11.5 Å². The van der Waals surface area contributed by atoms with E-state index < -0.39 is 0 Å². The van der Waals surface area contributed by atoms with Gasteiger partial charge in [0, 0.05) is 67.3 Å². The van der Waals surface area contributed by atoms with E-state index >= 15 is 0 Å². The molecule has 6 nitrogen and oxygen atoms in total. The molecule has 6 heteroatoms. The number of hydrogen-bond donors (Lipinski definition) is 2. The molecule has 1 amide bonds. The van der Waals surface area contributed by atoms with Crippen molar-refractivity contribution in [3.63, 3.8) is 0 Å². The van der Waals surface area contributed by atoms with Crippen LogP contribution in [0, 0.1) is 5.41 Å². The van der Waals surface area contributed by atoms with Crippen LogP contribution in [0.4, 0.5) is 11.4 Å². The molecule has 29 heavy (non-hydrogen) atoms. The van der Waals surface area contributed by atoms with E-state index in [0.29, 0.717) is 10.9 Å². The molecule has 1 spiro atoms. The molecule has 1 aliphatic heterocycles. The summed E-state index contributed by atoms with van der Waals surface area (Å²) >= 11 is 0. The third kappa shape index (κ3) is 3.12. The summed E-state index contributed by atoms with van der Waals surface area (Å²) in [6.07, 6.45) is 8.95. The first-order valence-electron chi connectivity index (χ1n) is 10.3. The van der Waals surface area contributed by atoms with E-state index in [1.165, 1.54) is 32.6 Å². The molecule has 1 aromatic carbocycles. The minimum Gasteiger partial charge on any atom is -0.371 e. The lowest BCUT2D eigenvalue weighted by Gasteiger charge is -2.35. The molecule has 0 atom stereocenters. The molecule has 1 saturated heterocycles. The van der Waals surface area contributed by atoms with Crippen molar-refractivity contribution in [2.24, 2.45) is 12.5 Å². The van der Waals surface area contributed by atoms with Gasteiger partial charge in [-0.25, -0.2) is 0 Å². The minimum atomic E-state index is -0.0930. The number of piperidine rings is 1. The molecular weight excluding hydrogens is 364 g/mol. The number of rotatable bonds is 3. The summed E-state index contributed by atoms with van der Waals surface area (Å²) in [6, 6.07) is 8.06. The largest absolute Gasteiger partial charge is 0.371 e. The molecule has 150 valence electrons. The van der Waals surface area contributed by atoms with Crippen molar-refractivity contribution in [3.05, 3.63) is 47.0 Å². The van der Waals surface area contributed by atoms with Crippen molar-refractivity contribution in [1.29, 1.82) is 0 Å². The van der Waals surface area contributed by atoms with Gasteiger partial charge in [-0.15, -0.1) is 0 Å². The molecule has 3 heterocycles. The summed E-state index contributed by atoms with van der Waals surface area (Å²) in [7, 11) is 1.78. The number of aryl methyl sites for hydroxylation is 1. The third-order valence-corrected chi connectivity index (χ3v) is 6.62. The zero-order chi connectivity index (χ0) is 20.2.